The molecule has 2 aromatic rings. The predicted octanol–water partition coefficient (Wildman–Crippen LogP) is -0.557. The number of aromatic amines is 2. The minimum atomic E-state index is 0.297. The predicted molar refractivity (Wildman–Crippen MR) is 51.0 cm³/mol. The summed E-state index contributed by atoms with van der Waals surface area (Å²) in [7, 11) is 0. The van der Waals surface area contributed by atoms with Gasteiger partial charge in [-0.05, 0) is 0 Å². The van der Waals surface area contributed by atoms with Gasteiger partial charge in [0.1, 0.15) is 12.1 Å². The fraction of sp³-hybridized carbons (Fsp3) is 0. The monoisotopic (exact) mass is 192 g/mol. The number of nitrogens with one attached hydrogen (secondary N) is 2. The van der Waals surface area contributed by atoms with Crippen LogP contribution in [0.25, 0.3) is 0 Å². The molecule has 0 aliphatic heterocycles. The highest BCUT2D eigenvalue weighted by molar-refractivity contribution is 5.92. The van der Waals surface area contributed by atoms with Crippen molar-refractivity contribution >= 4 is 23.8 Å². The van der Waals surface area contributed by atoms with Crippen molar-refractivity contribution in [2.75, 3.05) is 11.5 Å². The molecule has 14 heavy (non-hydrogen) atoms. The van der Waals surface area contributed by atoms with Crippen molar-refractivity contribution in [1.82, 2.24) is 25.4 Å². The normalized spacial score (nSPS) is 11.1. The molecule has 0 saturated heterocycles. The summed E-state index contributed by atoms with van der Waals surface area (Å²) >= 11 is 0. The van der Waals surface area contributed by atoms with Crippen molar-refractivity contribution in [2.45, 2.75) is 0 Å². The average molecular weight is 192 g/mol. The number of H-pyrrole nitrogens is 2. The number of nitrogens with two attached hydrogens (primary N) is 2. The van der Waals surface area contributed by atoms with Crippen LogP contribution < -0.4 is 11.5 Å². The van der Waals surface area contributed by atoms with Crippen LogP contribution in [0.4, 0.5) is 17.6 Å². The van der Waals surface area contributed by atoms with E-state index in [0.717, 1.165) is 0 Å². The minimum Gasteiger partial charge on any atom is -0.383 e. The van der Waals surface area contributed by atoms with Gasteiger partial charge in [0.05, 0.1) is 5.56 Å². The first-order valence-electron chi connectivity index (χ1n) is 3.76. The highest BCUT2D eigenvalue weighted by Gasteiger charge is 2.04. The molecule has 2 aromatic heterocycles. The SMILES string of the molecule is Nc1n[nH]c(N)c1C=Nc1ncn[nH]1. The van der Waals surface area contributed by atoms with E-state index in [9.17, 15) is 0 Å². The van der Waals surface area contributed by atoms with Gasteiger partial charge in [0, 0.05) is 6.21 Å². The molecule has 0 fully saturated rings. The largest absolute Gasteiger partial charge is 0.383 e. The van der Waals surface area contributed by atoms with Crippen molar-refractivity contribution in [1.29, 1.82) is 0 Å². The van der Waals surface area contributed by atoms with Gasteiger partial charge in [-0.25, -0.2) is 10.1 Å². The third-order valence-corrected chi connectivity index (χ3v) is 1.58. The molecule has 0 spiro atoms. The molecule has 0 amide bonds. The quantitative estimate of drug-likeness (QED) is 0.473. The summed E-state index contributed by atoms with van der Waals surface area (Å²) in [6.07, 6.45) is 2.82. The molecule has 0 unspecified atom stereocenters. The lowest BCUT2D eigenvalue weighted by Gasteiger charge is -1.89. The van der Waals surface area contributed by atoms with Gasteiger partial charge in [-0.3, -0.25) is 5.10 Å². The number of nitrogen functional groups attached to an aromatic ring is 2. The lowest BCUT2D eigenvalue weighted by Crippen LogP contribution is -1.93. The van der Waals surface area contributed by atoms with Crippen molar-refractivity contribution in [3.63, 3.8) is 0 Å². The van der Waals surface area contributed by atoms with Crippen LogP contribution >= 0.6 is 0 Å². The Morgan fingerprint density at radius 3 is 2.79 bits per heavy atom. The summed E-state index contributed by atoms with van der Waals surface area (Å²) in [6, 6.07) is 0. The smallest absolute Gasteiger partial charge is 0.245 e. The number of hydrogen-bond acceptors (Lipinski definition) is 6. The van der Waals surface area contributed by atoms with Gasteiger partial charge in [-0.2, -0.15) is 15.2 Å². The van der Waals surface area contributed by atoms with Gasteiger partial charge in [-0.15, -0.1) is 0 Å². The number of aliphatic imine (C=N–C) groups is 1. The third kappa shape index (κ3) is 1.40. The van der Waals surface area contributed by atoms with Crippen LogP contribution in [0.15, 0.2) is 11.3 Å². The maximum atomic E-state index is 5.55. The summed E-state index contributed by atoms with van der Waals surface area (Å²) in [4.78, 5) is 7.75. The molecule has 0 atom stereocenters. The first-order chi connectivity index (χ1) is 6.77. The number of anilines is 2. The molecule has 0 saturated carbocycles. The summed E-state index contributed by atoms with van der Waals surface area (Å²) in [6.45, 7) is 0. The van der Waals surface area contributed by atoms with Crippen LogP contribution in [-0.4, -0.2) is 31.6 Å². The first kappa shape index (κ1) is 8.23. The molecule has 0 radical (unpaired) electrons. The Kier molecular flexibility index (Phi) is 1.86. The van der Waals surface area contributed by atoms with E-state index in [1.165, 1.54) is 12.5 Å². The highest BCUT2D eigenvalue weighted by Crippen LogP contribution is 2.12. The second-order valence-corrected chi connectivity index (χ2v) is 2.50. The Balaban J connectivity index is 2.26. The fourth-order valence-corrected chi connectivity index (χ4v) is 0.901. The summed E-state index contributed by atoms with van der Waals surface area (Å²) < 4.78 is 0. The van der Waals surface area contributed by atoms with E-state index in [1.54, 1.807) is 0 Å². The van der Waals surface area contributed by atoms with Gasteiger partial charge in [0.2, 0.25) is 5.95 Å². The molecule has 0 aliphatic rings. The van der Waals surface area contributed by atoms with Crippen LogP contribution in [0.2, 0.25) is 0 Å². The summed E-state index contributed by atoms with van der Waals surface area (Å²) in [5.74, 6) is 1.04. The van der Waals surface area contributed by atoms with Gasteiger partial charge < -0.3 is 11.5 Å². The molecule has 0 bridgehead atoms. The van der Waals surface area contributed by atoms with Crippen molar-refractivity contribution in [3.8, 4) is 0 Å². The van der Waals surface area contributed by atoms with E-state index >= 15 is 0 Å². The first-order valence-corrected chi connectivity index (χ1v) is 3.76. The van der Waals surface area contributed by atoms with Gasteiger partial charge in [0.15, 0.2) is 5.82 Å². The number of aromatic nitrogens is 5. The van der Waals surface area contributed by atoms with E-state index in [0.29, 0.717) is 23.1 Å². The standard InChI is InChI=1S/C6H8N8/c7-4-3(5(8)13-12-4)1-9-6-10-2-11-14-6/h1-2H,(H,10,11,14)(H5,7,8,12,13). The van der Waals surface area contributed by atoms with Crippen LogP contribution in [0.3, 0.4) is 0 Å². The van der Waals surface area contributed by atoms with Crippen molar-refractivity contribution in [2.24, 2.45) is 4.99 Å². The highest BCUT2D eigenvalue weighted by atomic mass is 15.2. The molecule has 8 heteroatoms. The Labute approximate surface area is 78.4 Å². The van der Waals surface area contributed by atoms with E-state index in [4.69, 9.17) is 11.5 Å². The maximum absolute atomic E-state index is 5.55. The summed E-state index contributed by atoms with van der Waals surface area (Å²) in [5.41, 5.74) is 11.6. The van der Waals surface area contributed by atoms with Gasteiger partial charge in [-0.1, -0.05) is 0 Å². The van der Waals surface area contributed by atoms with Gasteiger partial charge in [0.25, 0.3) is 0 Å². The second-order valence-electron chi connectivity index (χ2n) is 2.50. The van der Waals surface area contributed by atoms with Crippen LogP contribution in [0, 0.1) is 0 Å². The Hall–Kier alpha value is -2.38. The molecule has 6 N–H and O–H groups in total. The zero-order valence-corrected chi connectivity index (χ0v) is 7.10. The van der Waals surface area contributed by atoms with E-state index in [-0.39, 0.29) is 0 Å². The Morgan fingerprint density at radius 1 is 1.36 bits per heavy atom. The molecule has 0 aliphatic carbocycles. The van der Waals surface area contributed by atoms with Crippen LogP contribution in [0.5, 0.6) is 0 Å². The second kappa shape index (κ2) is 3.17. The lowest BCUT2D eigenvalue weighted by molar-refractivity contribution is 1.08. The van der Waals surface area contributed by atoms with Crippen molar-refractivity contribution in [3.05, 3.63) is 11.9 Å². The van der Waals surface area contributed by atoms with E-state index < -0.39 is 0 Å². The van der Waals surface area contributed by atoms with Gasteiger partial charge >= 0.3 is 0 Å². The number of rotatable bonds is 2. The molecule has 0 aromatic carbocycles. The molecule has 2 heterocycles. The van der Waals surface area contributed by atoms with Crippen LogP contribution in [-0.2, 0) is 0 Å². The Morgan fingerprint density at radius 2 is 2.21 bits per heavy atom. The zero-order chi connectivity index (χ0) is 9.97. The van der Waals surface area contributed by atoms with E-state index in [2.05, 4.69) is 30.4 Å². The van der Waals surface area contributed by atoms with E-state index in [1.807, 2.05) is 0 Å². The topological polar surface area (TPSA) is 135 Å². The minimum absolute atomic E-state index is 0.297. The molecular weight excluding hydrogens is 184 g/mol. The third-order valence-electron chi connectivity index (χ3n) is 1.58. The fourth-order valence-electron chi connectivity index (χ4n) is 0.901. The van der Waals surface area contributed by atoms with Crippen LogP contribution in [0.1, 0.15) is 5.56 Å². The number of hydrogen-bond donors (Lipinski definition) is 4. The maximum Gasteiger partial charge on any atom is 0.245 e. The zero-order valence-electron chi connectivity index (χ0n) is 7.10. The summed E-state index contributed by atoms with van der Waals surface area (Å²) in [5, 5.41) is 12.4. The Bertz CT molecular complexity index is 419. The molecule has 2 rings (SSSR count). The molecule has 72 valence electrons. The van der Waals surface area contributed by atoms with Crippen molar-refractivity contribution < 1.29 is 0 Å². The molecule has 8 nitrogen and oxygen atoms in total. The lowest BCUT2D eigenvalue weighted by atomic mass is 10.3. The average Bonchev–Trinajstić information content (AvgIpc) is 2.76. The number of nitrogens with zero attached hydrogens (tertiary/aromatic N) is 4. The molecular formula is C6H8N8.